The van der Waals surface area contributed by atoms with Crippen molar-refractivity contribution in [3.8, 4) is 5.75 Å². The number of nitrogens with zero attached hydrogens (tertiary/aromatic N) is 2. The van der Waals surface area contributed by atoms with Crippen LogP contribution in [0.4, 0.5) is 5.69 Å². The molecule has 0 saturated carbocycles. The summed E-state index contributed by atoms with van der Waals surface area (Å²) in [6.07, 6.45) is 2.70. The predicted molar refractivity (Wildman–Crippen MR) is 109 cm³/mol. The van der Waals surface area contributed by atoms with Crippen LogP contribution < -0.4 is 9.64 Å². The van der Waals surface area contributed by atoms with Crippen LogP contribution in [-0.4, -0.2) is 49.4 Å². The number of ether oxygens (including phenoxy) is 1. The fourth-order valence-electron chi connectivity index (χ4n) is 3.98. The minimum atomic E-state index is 0.0992. The van der Waals surface area contributed by atoms with Crippen molar-refractivity contribution in [2.45, 2.75) is 25.9 Å². The second kappa shape index (κ2) is 8.05. The monoisotopic (exact) mass is 378 g/mol. The number of piperidine rings is 1. The number of anilines is 1. The molecule has 0 atom stereocenters. The molecule has 5 heteroatoms. The van der Waals surface area contributed by atoms with Gasteiger partial charge in [-0.3, -0.25) is 9.59 Å². The molecule has 2 heterocycles. The summed E-state index contributed by atoms with van der Waals surface area (Å²) >= 11 is 0. The van der Waals surface area contributed by atoms with Gasteiger partial charge >= 0.3 is 0 Å². The molecule has 2 aliphatic heterocycles. The van der Waals surface area contributed by atoms with Crippen molar-refractivity contribution < 1.29 is 14.3 Å². The molecule has 0 radical (unpaired) electrons. The number of hydrogen-bond donors (Lipinski definition) is 0. The standard InChI is InChI=1S/C23H26N2O3/c1-17-3-2-4-21(13-17)28-22-14-25(15-22)23(27)19-9-11-24(12-10-19)20-7-5-18(16-26)6-8-20/h2-8,13,16,19,22H,9-12,14-15H2,1H3. The van der Waals surface area contributed by atoms with Crippen molar-refractivity contribution in [3.05, 3.63) is 59.7 Å². The van der Waals surface area contributed by atoms with Crippen LogP contribution in [0, 0.1) is 12.8 Å². The van der Waals surface area contributed by atoms with Gasteiger partial charge in [0, 0.05) is 30.3 Å². The summed E-state index contributed by atoms with van der Waals surface area (Å²) in [6, 6.07) is 15.7. The van der Waals surface area contributed by atoms with Crippen molar-refractivity contribution >= 4 is 17.9 Å². The molecular formula is C23H26N2O3. The van der Waals surface area contributed by atoms with Gasteiger partial charge in [0.2, 0.25) is 5.91 Å². The van der Waals surface area contributed by atoms with Crippen molar-refractivity contribution in [3.63, 3.8) is 0 Å². The van der Waals surface area contributed by atoms with Crippen LogP contribution in [0.2, 0.25) is 0 Å². The number of carbonyl (C=O) groups is 2. The average Bonchev–Trinajstić information content (AvgIpc) is 2.70. The van der Waals surface area contributed by atoms with E-state index in [9.17, 15) is 9.59 Å². The number of rotatable bonds is 5. The average molecular weight is 378 g/mol. The third kappa shape index (κ3) is 4.03. The van der Waals surface area contributed by atoms with Gasteiger partial charge in [0.25, 0.3) is 0 Å². The van der Waals surface area contributed by atoms with Crippen molar-refractivity contribution in [2.75, 3.05) is 31.1 Å². The van der Waals surface area contributed by atoms with Crippen molar-refractivity contribution in [1.29, 1.82) is 0 Å². The number of amides is 1. The highest BCUT2D eigenvalue weighted by Crippen LogP contribution is 2.27. The summed E-state index contributed by atoms with van der Waals surface area (Å²) in [5.41, 5.74) is 2.98. The second-order valence-corrected chi connectivity index (χ2v) is 7.77. The van der Waals surface area contributed by atoms with Gasteiger partial charge in [0.15, 0.2) is 0 Å². The van der Waals surface area contributed by atoms with Crippen LogP contribution in [0.25, 0.3) is 0 Å². The van der Waals surface area contributed by atoms with E-state index in [1.54, 1.807) is 0 Å². The first-order chi connectivity index (χ1) is 13.6. The quantitative estimate of drug-likeness (QED) is 0.749. The van der Waals surface area contributed by atoms with Gasteiger partial charge in [-0.15, -0.1) is 0 Å². The van der Waals surface area contributed by atoms with E-state index >= 15 is 0 Å². The number of carbonyl (C=O) groups excluding carboxylic acids is 2. The zero-order valence-corrected chi connectivity index (χ0v) is 16.2. The Morgan fingerprint density at radius 2 is 1.79 bits per heavy atom. The van der Waals surface area contributed by atoms with E-state index in [1.807, 2.05) is 60.4 Å². The van der Waals surface area contributed by atoms with Gasteiger partial charge < -0.3 is 14.5 Å². The molecule has 0 aliphatic carbocycles. The summed E-state index contributed by atoms with van der Waals surface area (Å²) in [5.74, 6) is 1.25. The number of benzene rings is 2. The van der Waals surface area contributed by atoms with Gasteiger partial charge in [-0.1, -0.05) is 12.1 Å². The minimum Gasteiger partial charge on any atom is -0.487 e. The van der Waals surface area contributed by atoms with E-state index in [2.05, 4.69) is 4.90 Å². The Balaban J connectivity index is 1.24. The predicted octanol–water partition coefficient (Wildman–Crippen LogP) is 3.31. The lowest BCUT2D eigenvalue weighted by Gasteiger charge is -2.42. The summed E-state index contributed by atoms with van der Waals surface area (Å²) < 4.78 is 5.97. The third-order valence-electron chi connectivity index (χ3n) is 5.69. The normalized spacial score (nSPS) is 17.9. The highest BCUT2D eigenvalue weighted by Gasteiger charge is 2.37. The molecule has 2 aromatic carbocycles. The fourth-order valence-corrected chi connectivity index (χ4v) is 3.98. The zero-order chi connectivity index (χ0) is 19.5. The lowest BCUT2D eigenvalue weighted by molar-refractivity contribution is -0.145. The highest BCUT2D eigenvalue weighted by molar-refractivity contribution is 5.80. The van der Waals surface area contributed by atoms with E-state index in [0.717, 1.165) is 43.7 Å². The Labute approximate surface area is 165 Å². The van der Waals surface area contributed by atoms with Crippen molar-refractivity contribution in [2.24, 2.45) is 5.92 Å². The molecule has 2 saturated heterocycles. The van der Waals surface area contributed by atoms with Crippen LogP contribution in [0.15, 0.2) is 48.5 Å². The molecule has 4 rings (SSSR count). The Morgan fingerprint density at radius 1 is 1.07 bits per heavy atom. The molecule has 0 unspecified atom stereocenters. The van der Waals surface area contributed by atoms with Crippen LogP contribution in [-0.2, 0) is 4.79 Å². The van der Waals surface area contributed by atoms with E-state index in [4.69, 9.17) is 4.74 Å². The van der Waals surface area contributed by atoms with E-state index in [1.165, 1.54) is 5.56 Å². The maximum Gasteiger partial charge on any atom is 0.226 e. The number of aldehydes is 1. The lowest BCUT2D eigenvalue weighted by atomic mass is 9.93. The van der Waals surface area contributed by atoms with Gasteiger partial charge in [0.05, 0.1) is 13.1 Å². The Hall–Kier alpha value is -2.82. The maximum atomic E-state index is 12.8. The molecule has 0 N–H and O–H groups in total. The Morgan fingerprint density at radius 3 is 2.43 bits per heavy atom. The van der Waals surface area contributed by atoms with Crippen LogP contribution in [0.3, 0.4) is 0 Å². The smallest absolute Gasteiger partial charge is 0.226 e. The molecule has 0 aromatic heterocycles. The van der Waals surface area contributed by atoms with Crippen molar-refractivity contribution in [1.82, 2.24) is 4.90 Å². The van der Waals surface area contributed by atoms with Gasteiger partial charge in [-0.25, -0.2) is 0 Å². The highest BCUT2D eigenvalue weighted by atomic mass is 16.5. The molecule has 0 spiro atoms. The molecule has 28 heavy (non-hydrogen) atoms. The molecule has 2 fully saturated rings. The van der Waals surface area contributed by atoms with E-state index < -0.39 is 0 Å². The molecular weight excluding hydrogens is 352 g/mol. The summed E-state index contributed by atoms with van der Waals surface area (Å²) in [6.45, 7) is 5.15. The molecule has 146 valence electrons. The van der Waals surface area contributed by atoms with Gasteiger partial charge in [-0.2, -0.15) is 0 Å². The van der Waals surface area contributed by atoms with Crippen LogP contribution in [0.1, 0.15) is 28.8 Å². The first kappa shape index (κ1) is 18.5. The van der Waals surface area contributed by atoms with Gasteiger partial charge in [0.1, 0.15) is 18.1 Å². The second-order valence-electron chi connectivity index (χ2n) is 7.77. The number of hydrogen-bond acceptors (Lipinski definition) is 4. The largest absolute Gasteiger partial charge is 0.487 e. The molecule has 1 amide bonds. The molecule has 2 aromatic rings. The Bertz CT molecular complexity index is 835. The summed E-state index contributed by atoms with van der Waals surface area (Å²) in [5, 5.41) is 0. The van der Waals surface area contributed by atoms with Crippen LogP contribution >= 0.6 is 0 Å². The first-order valence-corrected chi connectivity index (χ1v) is 9.94. The maximum absolute atomic E-state index is 12.8. The first-order valence-electron chi connectivity index (χ1n) is 9.94. The van der Waals surface area contributed by atoms with E-state index in [-0.39, 0.29) is 17.9 Å². The SMILES string of the molecule is Cc1cccc(OC2CN(C(=O)C3CCN(c4ccc(C=O)cc4)CC3)C2)c1. The lowest BCUT2D eigenvalue weighted by Crippen LogP contribution is -2.58. The summed E-state index contributed by atoms with van der Waals surface area (Å²) in [4.78, 5) is 27.8. The topological polar surface area (TPSA) is 49.9 Å². The van der Waals surface area contributed by atoms with Crippen LogP contribution in [0.5, 0.6) is 5.75 Å². The fraction of sp³-hybridized carbons (Fsp3) is 0.391. The van der Waals surface area contributed by atoms with Gasteiger partial charge in [-0.05, 0) is 61.7 Å². The third-order valence-corrected chi connectivity index (χ3v) is 5.69. The zero-order valence-electron chi connectivity index (χ0n) is 16.2. The number of aryl methyl sites for hydroxylation is 1. The molecule has 5 nitrogen and oxygen atoms in total. The number of likely N-dealkylation sites (tertiary alicyclic amines) is 1. The molecule has 2 aliphatic rings. The minimum absolute atomic E-state index is 0.0992. The summed E-state index contributed by atoms with van der Waals surface area (Å²) in [7, 11) is 0. The Kier molecular flexibility index (Phi) is 5.33. The van der Waals surface area contributed by atoms with E-state index in [0.29, 0.717) is 18.7 Å². The molecule has 0 bridgehead atoms.